The van der Waals surface area contributed by atoms with Gasteiger partial charge in [-0.2, -0.15) is 5.10 Å². The molecule has 8 nitrogen and oxygen atoms in total. The third-order valence-corrected chi connectivity index (χ3v) is 2.84. The van der Waals surface area contributed by atoms with E-state index in [1.165, 1.54) is 6.20 Å². The fourth-order valence-electron chi connectivity index (χ4n) is 1.83. The molecule has 3 aromatic heterocycles. The first-order valence-electron chi connectivity index (χ1n) is 6.23. The number of aromatic amines is 2. The Bertz CT molecular complexity index is 802. The highest BCUT2D eigenvalue weighted by Gasteiger charge is 2.07. The van der Waals surface area contributed by atoms with Crippen LogP contribution >= 0.6 is 0 Å². The van der Waals surface area contributed by atoms with Crippen molar-refractivity contribution in [3.05, 3.63) is 64.7 Å². The molecule has 0 atom stereocenters. The number of nitrogens with one attached hydrogen (secondary N) is 3. The number of aromatic nitrogens is 5. The Hall–Kier alpha value is -3.16. The van der Waals surface area contributed by atoms with E-state index in [0.29, 0.717) is 12.4 Å². The molecule has 0 bridgehead atoms. The molecule has 21 heavy (non-hydrogen) atoms. The predicted molar refractivity (Wildman–Crippen MR) is 73.9 cm³/mol. The van der Waals surface area contributed by atoms with Crippen molar-refractivity contribution >= 4 is 5.91 Å². The summed E-state index contributed by atoms with van der Waals surface area (Å²) >= 11 is 0. The number of H-pyrrole nitrogens is 2. The van der Waals surface area contributed by atoms with Crippen LogP contribution in [0.2, 0.25) is 0 Å². The normalized spacial score (nSPS) is 10.5. The van der Waals surface area contributed by atoms with Gasteiger partial charge in [-0.3, -0.25) is 4.79 Å². The van der Waals surface area contributed by atoms with E-state index < -0.39 is 5.69 Å². The summed E-state index contributed by atoms with van der Waals surface area (Å²) in [5.74, 6) is 0.313. The number of carbonyl (C=O) groups excluding carboxylic acids is 1. The maximum atomic E-state index is 11.8. The minimum absolute atomic E-state index is 0.196. The van der Waals surface area contributed by atoms with Crippen LogP contribution < -0.4 is 11.0 Å². The van der Waals surface area contributed by atoms with E-state index in [1.807, 2.05) is 6.07 Å². The van der Waals surface area contributed by atoms with Crippen LogP contribution in [0.15, 0.2) is 47.8 Å². The molecule has 1 amide bonds. The molecule has 0 aliphatic carbocycles. The van der Waals surface area contributed by atoms with Crippen LogP contribution in [0.5, 0.6) is 0 Å². The first-order valence-corrected chi connectivity index (χ1v) is 6.23. The van der Waals surface area contributed by atoms with E-state index in [0.717, 1.165) is 5.56 Å². The number of hydrogen-bond acceptors (Lipinski definition) is 4. The molecule has 0 spiro atoms. The van der Waals surface area contributed by atoms with Crippen molar-refractivity contribution in [1.82, 2.24) is 30.0 Å². The second kappa shape index (κ2) is 5.45. The van der Waals surface area contributed by atoms with Gasteiger partial charge in [-0.15, -0.1) is 0 Å². The molecule has 106 valence electrons. The maximum absolute atomic E-state index is 11.8. The molecule has 3 rings (SSSR count). The van der Waals surface area contributed by atoms with Gasteiger partial charge in [0.2, 0.25) is 0 Å². The number of hydrogen-bond donors (Lipinski definition) is 3. The van der Waals surface area contributed by atoms with Gasteiger partial charge < -0.3 is 15.3 Å². The van der Waals surface area contributed by atoms with E-state index in [2.05, 4.69) is 25.4 Å². The van der Waals surface area contributed by atoms with E-state index in [4.69, 9.17) is 0 Å². The molecule has 0 unspecified atom stereocenters. The van der Waals surface area contributed by atoms with Gasteiger partial charge in [-0.25, -0.2) is 14.5 Å². The SMILES string of the molecule is O=C(NCc1ccnc(-n2cccn2)c1)c1c[nH]c(=O)[nH]1. The third kappa shape index (κ3) is 2.89. The average molecular weight is 284 g/mol. The molecule has 0 saturated heterocycles. The zero-order valence-corrected chi connectivity index (χ0v) is 10.9. The van der Waals surface area contributed by atoms with Crippen LogP contribution in [0.25, 0.3) is 5.82 Å². The maximum Gasteiger partial charge on any atom is 0.323 e. The minimum atomic E-state index is -0.412. The van der Waals surface area contributed by atoms with Crippen molar-refractivity contribution in [3.8, 4) is 5.82 Å². The van der Waals surface area contributed by atoms with Crippen molar-refractivity contribution in [3.63, 3.8) is 0 Å². The number of imidazole rings is 1. The van der Waals surface area contributed by atoms with E-state index in [9.17, 15) is 9.59 Å². The summed E-state index contributed by atoms with van der Waals surface area (Å²) in [6, 6.07) is 5.43. The lowest BCUT2D eigenvalue weighted by Crippen LogP contribution is -2.23. The average Bonchev–Trinajstić information content (AvgIpc) is 3.16. The van der Waals surface area contributed by atoms with Crippen molar-refractivity contribution in [2.24, 2.45) is 0 Å². The number of nitrogens with zero attached hydrogens (tertiary/aromatic N) is 3. The summed E-state index contributed by atoms with van der Waals surface area (Å²) in [5, 5.41) is 6.81. The molecule has 0 aliphatic rings. The van der Waals surface area contributed by atoms with Crippen LogP contribution in [0.1, 0.15) is 16.1 Å². The Labute approximate surface area is 118 Å². The molecule has 0 aliphatic heterocycles. The van der Waals surface area contributed by atoms with Crippen molar-refractivity contribution in [2.75, 3.05) is 0 Å². The van der Waals surface area contributed by atoms with Gasteiger partial charge >= 0.3 is 5.69 Å². The first-order chi connectivity index (χ1) is 10.2. The van der Waals surface area contributed by atoms with E-state index >= 15 is 0 Å². The van der Waals surface area contributed by atoms with Crippen molar-refractivity contribution in [2.45, 2.75) is 6.54 Å². The highest BCUT2D eigenvalue weighted by atomic mass is 16.2. The number of rotatable bonds is 4. The zero-order chi connectivity index (χ0) is 14.7. The summed E-state index contributed by atoms with van der Waals surface area (Å²) in [7, 11) is 0. The molecule has 0 saturated carbocycles. The summed E-state index contributed by atoms with van der Waals surface area (Å²) < 4.78 is 1.63. The molecule has 8 heteroatoms. The van der Waals surface area contributed by atoms with Crippen molar-refractivity contribution in [1.29, 1.82) is 0 Å². The Kier molecular flexibility index (Phi) is 3.34. The number of pyridine rings is 1. The van der Waals surface area contributed by atoms with Crippen LogP contribution in [0.3, 0.4) is 0 Å². The van der Waals surface area contributed by atoms with Gasteiger partial charge in [0.05, 0.1) is 0 Å². The summed E-state index contributed by atoms with van der Waals surface area (Å²) in [4.78, 5) is 31.7. The summed E-state index contributed by atoms with van der Waals surface area (Å²) in [6.45, 7) is 0.322. The summed E-state index contributed by atoms with van der Waals surface area (Å²) in [5.41, 5.74) is 0.660. The quantitative estimate of drug-likeness (QED) is 0.636. The lowest BCUT2D eigenvalue weighted by molar-refractivity contribution is 0.0946. The van der Waals surface area contributed by atoms with Gasteiger partial charge in [0.15, 0.2) is 5.82 Å². The third-order valence-electron chi connectivity index (χ3n) is 2.84. The van der Waals surface area contributed by atoms with Crippen LogP contribution in [-0.4, -0.2) is 30.6 Å². The van der Waals surface area contributed by atoms with Gasteiger partial charge in [-0.05, 0) is 23.8 Å². The zero-order valence-electron chi connectivity index (χ0n) is 10.9. The van der Waals surface area contributed by atoms with Crippen LogP contribution in [0.4, 0.5) is 0 Å². The monoisotopic (exact) mass is 284 g/mol. The van der Waals surface area contributed by atoms with Gasteiger partial charge in [0, 0.05) is 31.3 Å². The largest absolute Gasteiger partial charge is 0.347 e. The molecule has 3 aromatic rings. The van der Waals surface area contributed by atoms with Crippen LogP contribution in [-0.2, 0) is 6.54 Å². The highest BCUT2D eigenvalue weighted by molar-refractivity contribution is 5.91. The molecule has 3 heterocycles. The fraction of sp³-hybridized carbons (Fsp3) is 0.0769. The molecular formula is C13H12N6O2. The highest BCUT2D eigenvalue weighted by Crippen LogP contribution is 2.06. The lowest BCUT2D eigenvalue weighted by Gasteiger charge is -2.06. The lowest BCUT2D eigenvalue weighted by atomic mass is 10.2. The van der Waals surface area contributed by atoms with Crippen LogP contribution in [0, 0.1) is 0 Å². The molecule has 0 fully saturated rings. The fourth-order valence-corrected chi connectivity index (χ4v) is 1.83. The second-order valence-corrected chi connectivity index (χ2v) is 4.31. The number of carbonyl (C=O) groups is 1. The minimum Gasteiger partial charge on any atom is -0.347 e. The first kappa shape index (κ1) is 12.9. The topological polar surface area (TPSA) is 108 Å². The molecule has 3 N–H and O–H groups in total. The van der Waals surface area contributed by atoms with E-state index in [1.54, 1.807) is 35.4 Å². The number of amides is 1. The Morgan fingerprint density at radius 2 is 2.29 bits per heavy atom. The van der Waals surface area contributed by atoms with Crippen molar-refractivity contribution < 1.29 is 4.79 Å². The Balaban J connectivity index is 1.69. The molecular weight excluding hydrogens is 272 g/mol. The summed E-state index contributed by atoms with van der Waals surface area (Å²) in [6.07, 6.45) is 6.43. The standard InChI is InChI=1S/C13H12N6O2/c20-12(10-8-16-13(21)18-10)15-7-9-2-4-14-11(6-9)19-5-1-3-17-19/h1-6,8H,7H2,(H,15,20)(H2,16,18,21). The van der Waals surface area contributed by atoms with E-state index in [-0.39, 0.29) is 11.6 Å². The van der Waals surface area contributed by atoms with Gasteiger partial charge in [-0.1, -0.05) is 0 Å². The van der Waals surface area contributed by atoms with Gasteiger partial charge in [0.25, 0.3) is 5.91 Å². The predicted octanol–water partition coefficient (Wildman–Crippen LogP) is 0.214. The second-order valence-electron chi connectivity index (χ2n) is 4.31. The molecule has 0 aromatic carbocycles. The Morgan fingerprint density at radius 1 is 1.38 bits per heavy atom. The van der Waals surface area contributed by atoms with Gasteiger partial charge in [0.1, 0.15) is 5.69 Å². The Morgan fingerprint density at radius 3 is 3.00 bits per heavy atom. The smallest absolute Gasteiger partial charge is 0.323 e. The molecule has 0 radical (unpaired) electrons.